The maximum Gasteiger partial charge on any atom is 0.111 e. The van der Waals surface area contributed by atoms with Gasteiger partial charge in [0.15, 0.2) is 0 Å². The Morgan fingerprint density at radius 2 is 2.36 bits per heavy atom. The second-order valence-corrected chi connectivity index (χ2v) is 3.74. The molecule has 0 saturated heterocycles. The summed E-state index contributed by atoms with van der Waals surface area (Å²) in [6, 6.07) is 3.93. The summed E-state index contributed by atoms with van der Waals surface area (Å²) in [4.78, 5) is 2.19. The molecule has 2 nitrogen and oxygen atoms in total. The first-order valence-corrected chi connectivity index (χ1v) is 4.29. The molecule has 0 aliphatic heterocycles. The number of ether oxygens (including phenoxy) is 1. The van der Waals surface area contributed by atoms with Crippen molar-refractivity contribution in [2.75, 3.05) is 13.7 Å². The van der Waals surface area contributed by atoms with Crippen molar-refractivity contribution in [1.29, 1.82) is 0 Å². The first kappa shape index (κ1) is 8.71. The Morgan fingerprint density at radius 3 is 2.82 bits per heavy atom. The third-order valence-corrected chi connectivity index (χ3v) is 2.52. The Bertz CT molecular complexity index is 220. The summed E-state index contributed by atoms with van der Waals surface area (Å²) in [5.41, 5.74) is 0. The predicted molar refractivity (Wildman–Crippen MR) is 45.9 cm³/mol. The van der Waals surface area contributed by atoms with Gasteiger partial charge in [0.05, 0.1) is 6.61 Å². The maximum absolute atomic E-state index is 9.42. The number of methoxy groups -OCH3 is 1. The highest BCUT2D eigenvalue weighted by Gasteiger charge is 2.07. The van der Waals surface area contributed by atoms with E-state index < -0.39 is 6.10 Å². The van der Waals surface area contributed by atoms with Gasteiger partial charge in [-0.3, -0.25) is 0 Å². The van der Waals surface area contributed by atoms with Crippen molar-refractivity contribution in [1.82, 2.24) is 0 Å². The van der Waals surface area contributed by atoms with E-state index in [-0.39, 0.29) is 0 Å². The van der Waals surface area contributed by atoms with Gasteiger partial charge < -0.3 is 9.84 Å². The summed E-state index contributed by atoms with van der Waals surface area (Å²) in [6.07, 6.45) is -0.460. The molecule has 1 unspecified atom stereocenters. The number of rotatable bonds is 3. The Hall–Kier alpha value is -0.380. The summed E-state index contributed by atoms with van der Waals surface area (Å²) >= 11 is 1.61. The highest BCUT2D eigenvalue weighted by molar-refractivity contribution is 7.12. The monoisotopic (exact) mass is 172 g/mol. The fraction of sp³-hybridized carbons (Fsp3) is 0.500. The van der Waals surface area contributed by atoms with Crippen molar-refractivity contribution >= 4 is 11.3 Å². The lowest BCUT2D eigenvalue weighted by atomic mass is 10.3. The van der Waals surface area contributed by atoms with E-state index in [2.05, 4.69) is 0 Å². The average Bonchev–Trinajstić information content (AvgIpc) is 2.36. The van der Waals surface area contributed by atoms with Gasteiger partial charge in [-0.2, -0.15) is 0 Å². The van der Waals surface area contributed by atoms with Gasteiger partial charge in [-0.25, -0.2) is 0 Å². The molecular formula is C8H12O2S. The zero-order chi connectivity index (χ0) is 8.27. The maximum atomic E-state index is 9.42. The van der Waals surface area contributed by atoms with Gasteiger partial charge in [0, 0.05) is 16.9 Å². The fourth-order valence-corrected chi connectivity index (χ4v) is 1.72. The van der Waals surface area contributed by atoms with Crippen LogP contribution in [-0.4, -0.2) is 18.8 Å². The standard InChI is InChI=1S/C8H12O2S/c1-6-3-4-8(11-6)7(9)5-10-2/h3-4,7,9H,5H2,1-2H3. The van der Waals surface area contributed by atoms with E-state index in [0.29, 0.717) is 6.61 Å². The molecule has 0 spiro atoms. The van der Waals surface area contributed by atoms with Crippen LogP contribution in [0.15, 0.2) is 12.1 Å². The third-order valence-electron chi connectivity index (χ3n) is 1.41. The van der Waals surface area contributed by atoms with E-state index in [1.54, 1.807) is 18.4 Å². The summed E-state index contributed by atoms with van der Waals surface area (Å²) in [5, 5.41) is 9.42. The molecule has 1 N–H and O–H groups in total. The quantitative estimate of drug-likeness (QED) is 0.752. The van der Waals surface area contributed by atoms with Crippen LogP contribution in [0.25, 0.3) is 0 Å². The summed E-state index contributed by atoms with van der Waals surface area (Å²) in [6.45, 7) is 2.40. The Balaban J connectivity index is 2.60. The number of hydrogen-bond donors (Lipinski definition) is 1. The normalized spacial score (nSPS) is 13.4. The third kappa shape index (κ3) is 2.29. The number of aliphatic hydroxyl groups is 1. The average molecular weight is 172 g/mol. The molecule has 62 valence electrons. The van der Waals surface area contributed by atoms with Crippen LogP contribution in [0.5, 0.6) is 0 Å². The zero-order valence-corrected chi connectivity index (χ0v) is 7.52. The molecule has 0 aromatic carbocycles. The van der Waals surface area contributed by atoms with Gasteiger partial charge in [0.1, 0.15) is 6.10 Å². The van der Waals surface area contributed by atoms with Gasteiger partial charge in [0.2, 0.25) is 0 Å². The minimum absolute atomic E-state index is 0.375. The van der Waals surface area contributed by atoms with Gasteiger partial charge in [-0.1, -0.05) is 0 Å². The first-order valence-electron chi connectivity index (χ1n) is 3.47. The van der Waals surface area contributed by atoms with E-state index in [1.165, 1.54) is 4.88 Å². The molecule has 1 aromatic rings. The molecule has 3 heteroatoms. The minimum Gasteiger partial charge on any atom is -0.385 e. The Labute approximate surface area is 70.4 Å². The molecule has 0 fully saturated rings. The van der Waals surface area contributed by atoms with Crippen molar-refractivity contribution in [2.45, 2.75) is 13.0 Å². The van der Waals surface area contributed by atoms with Crippen molar-refractivity contribution in [3.8, 4) is 0 Å². The van der Waals surface area contributed by atoms with Gasteiger partial charge >= 0.3 is 0 Å². The zero-order valence-electron chi connectivity index (χ0n) is 6.70. The number of hydrogen-bond acceptors (Lipinski definition) is 3. The summed E-state index contributed by atoms with van der Waals surface area (Å²) in [5.74, 6) is 0. The van der Waals surface area contributed by atoms with E-state index in [1.807, 2.05) is 19.1 Å². The smallest absolute Gasteiger partial charge is 0.111 e. The van der Waals surface area contributed by atoms with Crippen LogP contribution in [0.2, 0.25) is 0 Å². The van der Waals surface area contributed by atoms with Crippen molar-refractivity contribution in [3.05, 3.63) is 21.9 Å². The highest BCUT2D eigenvalue weighted by atomic mass is 32.1. The molecule has 0 radical (unpaired) electrons. The number of aryl methyl sites for hydroxylation is 1. The largest absolute Gasteiger partial charge is 0.385 e. The molecular weight excluding hydrogens is 160 g/mol. The molecule has 0 saturated carbocycles. The lowest BCUT2D eigenvalue weighted by Crippen LogP contribution is -2.02. The molecule has 0 aliphatic carbocycles. The van der Waals surface area contributed by atoms with Crippen LogP contribution >= 0.6 is 11.3 Å². The van der Waals surface area contributed by atoms with E-state index in [9.17, 15) is 5.11 Å². The molecule has 1 aromatic heterocycles. The molecule has 11 heavy (non-hydrogen) atoms. The lowest BCUT2D eigenvalue weighted by molar-refractivity contribution is 0.0666. The summed E-state index contributed by atoms with van der Waals surface area (Å²) in [7, 11) is 1.59. The molecule has 1 heterocycles. The van der Waals surface area contributed by atoms with Gasteiger partial charge in [0.25, 0.3) is 0 Å². The second kappa shape index (κ2) is 3.85. The fourth-order valence-electron chi connectivity index (χ4n) is 0.873. The number of aliphatic hydroxyl groups excluding tert-OH is 1. The van der Waals surface area contributed by atoms with Crippen LogP contribution < -0.4 is 0 Å². The van der Waals surface area contributed by atoms with Crippen molar-refractivity contribution in [3.63, 3.8) is 0 Å². The van der Waals surface area contributed by atoms with Crippen molar-refractivity contribution < 1.29 is 9.84 Å². The van der Waals surface area contributed by atoms with Crippen molar-refractivity contribution in [2.24, 2.45) is 0 Å². The van der Waals surface area contributed by atoms with Gasteiger partial charge in [-0.05, 0) is 19.1 Å². The Morgan fingerprint density at radius 1 is 1.64 bits per heavy atom. The molecule has 0 aliphatic rings. The van der Waals surface area contributed by atoms with Gasteiger partial charge in [-0.15, -0.1) is 11.3 Å². The first-order chi connectivity index (χ1) is 5.24. The highest BCUT2D eigenvalue weighted by Crippen LogP contribution is 2.22. The topological polar surface area (TPSA) is 29.5 Å². The molecule has 1 atom stereocenters. The van der Waals surface area contributed by atoms with Crippen LogP contribution in [0, 0.1) is 6.92 Å². The van der Waals surface area contributed by atoms with Crippen LogP contribution in [0.3, 0.4) is 0 Å². The van der Waals surface area contributed by atoms with E-state index in [4.69, 9.17) is 4.74 Å². The molecule has 0 bridgehead atoms. The summed E-state index contributed by atoms with van der Waals surface area (Å²) < 4.78 is 4.82. The SMILES string of the molecule is COCC(O)c1ccc(C)s1. The lowest BCUT2D eigenvalue weighted by Gasteiger charge is -2.05. The van der Waals surface area contributed by atoms with E-state index >= 15 is 0 Å². The van der Waals surface area contributed by atoms with Crippen LogP contribution in [0.1, 0.15) is 15.9 Å². The minimum atomic E-state index is -0.460. The molecule has 0 amide bonds. The van der Waals surface area contributed by atoms with Crippen LogP contribution in [-0.2, 0) is 4.74 Å². The second-order valence-electron chi connectivity index (χ2n) is 2.42. The van der Waals surface area contributed by atoms with E-state index in [0.717, 1.165) is 4.88 Å². The number of thiophene rings is 1. The van der Waals surface area contributed by atoms with Crippen LogP contribution in [0.4, 0.5) is 0 Å². The Kier molecular flexibility index (Phi) is 3.05. The predicted octanol–water partition coefficient (Wildman–Crippen LogP) is 1.74. The molecule has 1 rings (SSSR count).